The van der Waals surface area contributed by atoms with Gasteiger partial charge in [-0.25, -0.2) is 0 Å². The van der Waals surface area contributed by atoms with E-state index < -0.39 is 159 Å². The molecule has 4 fully saturated rings. The minimum absolute atomic E-state index is 0.147. The zero-order chi connectivity index (χ0) is 44.6. The lowest BCUT2D eigenvalue weighted by molar-refractivity contribution is -0.371. The maximum atomic E-state index is 12.9. The average Bonchev–Trinajstić information content (AvgIpc) is 3.55. The van der Waals surface area contributed by atoms with E-state index >= 15 is 0 Å². The zero-order valence-electron chi connectivity index (χ0n) is 34.2. The molecular weight excluding hydrogens is 814 g/mol. The molecule has 0 radical (unpaired) electrons. The standard InChI is InChI=1S/C36H49NO23/c1-13(38)37-25-29(52-18(6)43)26(24-12-49-34(25)56-24)59-35-33(55-21(9)46)31(28(51-17(5)42)23(57-35)11-48-15(3)40)60-36-32(54-20(8)45)30(53-19(7)44)27(50-16(4)41)22(58-36)10-47-14(2)39/h22-36H,10-12H2,1-9H3,(H,37,38)/t22-,23-,24-,25+,26+,27-,28-,29+,30+,31+,32-,33-,34-,35+,36+/m0/s1. The predicted molar refractivity (Wildman–Crippen MR) is 186 cm³/mol. The van der Waals surface area contributed by atoms with Crippen LogP contribution in [-0.2, 0) is 109 Å². The first-order valence-corrected chi connectivity index (χ1v) is 18.6. The quantitative estimate of drug-likeness (QED) is 0.140. The molecule has 0 aromatic heterocycles. The normalized spacial score (nSPS) is 34.5. The second-order valence-corrected chi connectivity index (χ2v) is 13.9. The Balaban J connectivity index is 1.88. The van der Waals surface area contributed by atoms with Crippen LogP contribution in [0.5, 0.6) is 0 Å². The molecule has 4 aliphatic rings. The monoisotopic (exact) mass is 863 g/mol. The number of carbonyl (C=O) groups is 9. The highest BCUT2D eigenvalue weighted by Crippen LogP contribution is 2.39. The van der Waals surface area contributed by atoms with Gasteiger partial charge < -0.3 is 71.6 Å². The Morgan fingerprint density at radius 1 is 0.450 bits per heavy atom. The van der Waals surface area contributed by atoms with Crippen molar-refractivity contribution in [3.05, 3.63) is 0 Å². The minimum atomic E-state index is -1.94. The number of hydrogen-bond acceptors (Lipinski definition) is 23. The molecule has 4 rings (SSSR count). The van der Waals surface area contributed by atoms with Crippen molar-refractivity contribution in [2.45, 2.75) is 154 Å². The van der Waals surface area contributed by atoms with Crippen LogP contribution in [0.4, 0.5) is 0 Å². The highest BCUT2D eigenvalue weighted by Gasteiger charge is 2.60. The zero-order valence-corrected chi connectivity index (χ0v) is 34.2. The van der Waals surface area contributed by atoms with E-state index in [0.717, 1.165) is 55.4 Å². The first-order valence-electron chi connectivity index (χ1n) is 18.6. The summed E-state index contributed by atoms with van der Waals surface area (Å²) in [6, 6.07) is -1.14. The van der Waals surface area contributed by atoms with Crippen molar-refractivity contribution in [3.63, 3.8) is 0 Å². The number of nitrogens with one attached hydrogen (secondary N) is 1. The molecule has 24 heteroatoms. The van der Waals surface area contributed by atoms with E-state index in [9.17, 15) is 43.2 Å². The summed E-state index contributed by atoms with van der Waals surface area (Å²) >= 11 is 0. The molecule has 1 amide bonds. The molecule has 15 atom stereocenters. The fourth-order valence-electron chi connectivity index (χ4n) is 6.99. The Hall–Kier alpha value is -5.01. The number of ether oxygens (including phenoxy) is 14. The molecule has 1 N–H and O–H groups in total. The Morgan fingerprint density at radius 2 is 0.833 bits per heavy atom. The molecule has 336 valence electrons. The maximum Gasteiger partial charge on any atom is 0.303 e. The Bertz CT molecular complexity index is 1640. The van der Waals surface area contributed by atoms with Crippen molar-refractivity contribution < 1.29 is 109 Å². The van der Waals surface area contributed by atoms with Gasteiger partial charge in [0, 0.05) is 62.3 Å². The largest absolute Gasteiger partial charge is 0.463 e. The van der Waals surface area contributed by atoms with Gasteiger partial charge in [0.1, 0.15) is 49.8 Å². The van der Waals surface area contributed by atoms with E-state index in [1.165, 1.54) is 6.92 Å². The van der Waals surface area contributed by atoms with Crippen LogP contribution in [0.3, 0.4) is 0 Å². The van der Waals surface area contributed by atoms with Crippen LogP contribution < -0.4 is 5.32 Å². The van der Waals surface area contributed by atoms with Crippen LogP contribution in [-0.4, -0.2) is 166 Å². The van der Waals surface area contributed by atoms with Crippen LogP contribution in [0.2, 0.25) is 0 Å². The van der Waals surface area contributed by atoms with Crippen LogP contribution in [0.15, 0.2) is 0 Å². The second kappa shape index (κ2) is 21.0. The molecular formula is C36H49NO23. The van der Waals surface area contributed by atoms with E-state index in [2.05, 4.69) is 5.32 Å². The van der Waals surface area contributed by atoms with Gasteiger partial charge in [0.15, 0.2) is 55.5 Å². The third-order valence-corrected chi connectivity index (χ3v) is 8.92. The van der Waals surface area contributed by atoms with Crippen LogP contribution in [0, 0.1) is 0 Å². The fraction of sp³-hybridized carbons (Fsp3) is 0.750. The Morgan fingerprint density at radius 3 is 1.27 bits per heavy atom. The van der Waals surface area contributed by atoms with Gasteiger partial charge in [-0.05, 0) is 0 Å². The summed E-state index contributed by atoms with van der Waals surface area (Å²) in [7, 11) is 0. The summed E-state index contributed by atoms with van der Waals surface area (Å²) in [5.41, 5.74) is 0. The van der Waals surface area contributed by atoms with Gasteiger partial charge in [-0.3, -0.25) is 43.2 Å². The van der Waals surface area contributed by atoms with Gasteiger partial charge in [0.05, 0.1) is 6.61 Å². The molecule has 4 saturated heterocycles. The second-order valence-electron chi connectivity index (χ2n) is 13.9. The lowest BCUT2D eigenvalue weighted by Crippen LogP contribution is -2.69. The third-order valence-electron chi connectivity index (χ3n) is 8.92. The van der Waals surface area contributed by atoms with Crippen LogP contribution in [0.25, 0.3) is 0 Å². The lowest BCUT2D eigenvalue weighted by atomic mass is 9.95. The van der Waals surface area contributed by atoms with Crippen molar-refractivity contribution in [2.75, 3.05) is 19.8 Å². The molecule has 2 bridgehead atoms. The fourth-order valence-corrected chi connectivity index (χ4v) is 6.99. The summed E-state index contributed by atoms with van der Waals surface area (Å²) in [6.07, 6.45) is -22.1. The molecule has 4 heterocycles. The van der Waals surface area contributed by atoms with Crippen LogP contribution in [0.1, 0.15) is 62.3 Å². The smallest absolute Gasteiger partial charge is 0.303 e. The van der Waals surface area contributed by atoms with Crippen LogP contribution >= 0.6 is 0 Å². The third kappa shape index (κ3) is 12.7. The average molecular weight is 864 g/mol. The molecule has 0 spiro atoms. The first kappa shape index (κ1) is 47.7. The molecule has 0 aromatic rings. The van der Waals surface area contributed by atoms with Crippen molar-refractivity contribution in [2.24, 2.45) is 0 Å². The molecule has 0 unspecified atom stereocenters. The SMILES string of the molecule is CC(=O)N[C@H]1[C@H]2OC[C@H](O2)[C@@H](O[C@H]2O[C@@H](COC(C)=O)[C@H](OC(C)=O)[C@@H](O[C@H]3O[C@@H](COC(C)=O)[C@H](OC(C)=O)[C@@H](OC(C)=O)[C@@H]3OC(C)=O)[C@@H]2OC(C)=O)[C@@H]1OC(C)=O. The summed E-state index contributed by atoms with van der Waals surface area (Å²) in [4.78, 5) is 112. The Kier molecular flexibility index (Phi) is 16.7. The van der Waals surface area contributed by atoms with Crippen molar-refractivity contribution in [1.29, 1.82) is 0 Å². The number of hydrogen-bond donors (Lipinski definition) is 1. The van der Waals surface area contributed by atoms with E-state index in [1.54, 1.807) is 0 Å². The molecule has 60 heavy (non-hydrogen) atoms. The number of carbonyl (C=O) groups excluding carboxylic acids is 9. The highest BCUT2D eigenvalue weighted by molar-refractivity contribution is 5.74. The topological polar surface area (TPSA) is 295 Å². The number of esters is 8. The summed E-state index contributed by atoms with van der Waals surface area (Å²) in [5.74, 6) is -7.73. The summed E-state index contributed by atoms with van der Waals surface area (Å²) in [5, 5.41) is 2.61. The maximum absolute atomic E-state index is 12.9. The van der Waals surface area contributed by atoms with E-state index in [0.29, 0.717) is 0 Å². The minimum Gasteiger partial charge on any atom is -0.463 e. The van der Waals surface area contributed by atoms with E-state index in [-0.39, 0.29) is 6.61 Å². The van der Waals surface area contributed by atoms with Gasteiger partial charge >= 0.3 is 47.8 Å². The van der Waals surface area contributed by atoms with E-state index in [4.69, 9.17) is 66.3 Å². The van der Waals surface area contributed by atoms with Gasteiger partial charge in [0.2, 0.25) is 5.91 Å². The molecule has 0 aliphatic carbocycles. The van der Waals surface area contributed by atoms with Gasteiger partial charge in [0.25, 0.3) is 0 Å². The summed E-state index contributed by atoms with van der Waals surface area (Å²) < 4.78 is 80.6. The van der Waals surface area contributed by atoms with Crippen molar-refractivity contribution in [3.8, 4) is 0 Å². The van der Waals surface area contributed by atoms with Crippen molar-refractivity contribution in [1.82, 2.24) is 5.32 Å². The Labute approximate surface area is 342 Å². The molecule has 4 aliphatic heterocycles. The summed E-state index contributed by atoms with van der Waals surface area (Å²) in [6.45, 7) is 8.03. The molecule has 24 nitrogen and oxygen atoms in total. The van der Waals surface area contributed by atoms with Gasteiger partial charge in [-0.15, -0.1) is 0 Å². The molecule has 0 saturated carbocycles. The predicted octanol–water partition coefficient (Wildman–Crippen LogP) is -1.82. The first-order chi connectivity index (χ1) is 28.1. The number of fused-ring (bicyclic) bond motifs is 2. The van der Waals surface area contributed by atoms with Gasteiger partial charge in [-0.2, -0.15) is 0 Å². The van der Waals surface area contributed by atoms with Gasteiger partial charge in [-0.1, -0.05) is 0 Å². The van der Waals surface area contributed by atoms with E-state index in [1.807, 2.05) is 0 Å². The highest BCUT2D eigenvalue weighted by atomic mass is 16.8. The lowest BCUT2D eigenvalue weighted by Gasteiger charge is -2.49. The molecule has 0 aromatic carbocycles. The number of amides is 1. The number of rotatable bonds is 15. The van der Waals surface area contributed by atoms with Crippen molar-refractivity contribution >= 4 is 53.7 Å².